The second-order valence-corrected chi connectivity index (χ2v) is 4.15. The van der Waals surface area contributed by atoms with Gasteiger partial charge in [-0.1, -0.05) is 6.08 Å². The smallest absolute Gasteiger partial charge is 0.178 e. The maximum atomic E-state index is 4.47. The molecule has 5 nitrogen and oxygen atoms in total. The van der Waals surface area contributed by atoms with Gasteiger partial charge < -0.3 is 4.98 Å². The molecule has 0 aliphatic heterocycles. The normalized spacial score (nSPS) is 10.9. The Morgan fingerprint density at radius 2 is 2.39 bits per heavy atom. The lowest BCUT2D eigenvalue weighted by molar-refractivity contribution is 0.703. The zero-order chi connectivity index (χ0) is 12.5. The number of aromatic nitrogens is 5. The monoisotopic (exact) mass is 239 g/mol. The summed E-state index contributed by atoms with van der Waals surface area (Å²) in [6, 6.07) is 1.96. The van der Waals surface area contributed by atoms with Crippen LogP contribution >= 0.6 is 0 Å². The summed E-state index contributed by atoms with van der Waals surface area (Å²) in [7, 11) is 0. The standard InChI is InChI=1S/C13H13N5/c1-3-6-18-8-10(7-15-18)12-16-11-9(2)4-5-14-13(11)17-12/h3-5,7-8H,1,6H2,2H3,(H,14,16,17). The van der Waals surface area contributed by atoms with Crippen molar-refractivity contribution in [3.05, 3.63) is 42.9 Å². The first-order chi connectivity index (χ1) is 8.78. The molecule has 18 heavy (non-hydrogen) atoms. The second kappa shape index (κ2) is 4.10. The molecule has 0 aliphatic rings. The SMILES string of the molecule is C=CCn1cc(-c2nc3nccc(C)c3[nH]2)cn1. The van der Waals surface area contributed by atoms with Gasteiger partial charge in [0.25, 0.3) is 0 Å². The third kappa shape index (κ3) is 1.69. The Morgan fingerprint density at radius 1 is 1.50 bits per heavy atom. The zero-order valence-corrected chi connectivity index (χ0v) is 10.1. The number of rotatable bonds is 3. The molecule has 90 valence electrons. The summed E-state index contributed by atoms with van der Waals surface area (Å²) in [5, 5.41) is 4.24. The van der Waals surface area contributed by atoms with Crippen LogP contribution in [-0.4, -0.2) is 24.7 Å². The van der Waals surface area contributed by atoms with Gasteiger partial charge in [-0.05, 0) is 18.6 Å². The van der Waals surface area contributed by atoms with Crippen molar-refractivity contribution in [2.24, 2.45) is 0 Å². The molecule has 0 aromatic carbocycles. The minimum absolute atomic E-state index is 0.692. The Morgan fingerprint density at radius 3 is 3.17 bits per heavy atom. The highest BCUT2D eigenvalue weighted by Crippen LogP contribution is 2.20. The number of fused-ring (bicyclic) bond motifs is 1. The lowest BCUT2D eigenvalue weighted by atomic mass is 10.3. The van der Waals surface area contributed by atoms with Crippen LogP contribution in [0.15, 0.2) is 37.3 Å². The third-order valence-electron chi connectivity index (χ3n) is 2.82. The highest BCUT2D eigenvalue weighted by atomic mass is 15.3. The number of nitrogens with one attached hydrogen (secondary N) is 1. The van der Waals surface area contributed by atoms with Gasteiger partial charge in [0.1, 0.15) is 5.82 Å². The average Bonchev–Trinajstić information content (AvgIpc) is 2.96. The molecule has 0 radical (unpaired) electrons. The molecule has 3 heterocycles. The van der Waals surface area contributed by atoms with E-state index in [0.29, 0.717) is 6.54 Å². The number of pyridine rings is 1. The number of nitrogens with zero attached hydrogens (tertiary/aromatic N) is 4. The topological polar surface area (TPSA) is 59.4 Å². The van der Waals surface area contributed by atoms with Gasteiger partial charge >= 0.3 is 0 Å². The van der Waals surface area contributed by atoms with E-state index in [-0.39, 0.29) is 0 Å². The quantitative estimate of drug-likeness (QED) is 0.713. The molecule has 0 atom stereocenters. The number of imidazole rings is 1. The minimum atomic E-state index is 0.692. The summed E-state index contributed by atoms with van der Waals surface area (Å²) >= 11 is 0. The largest absolute Gasteiger partial charge is 0.336 e. The average molecular weight is 239 g/mol. The summed E-state index contributed by atoms with van der Waals surface area (Å²) in [4.78, 5) is 12.0. The maximum absolute atomic E-state index is 4.47. The lowest BCUT2D eigenvalue weighted by Gasteiger charge is -1.92. The molecule has 5 heteroatoms. The van der Waals surface area contributed by atoms with Crippen LogP contribution in [0.25, 0.3) is 22.6 Å². The fourth-order valence-corrected chi connectivity index (χ4v) is 1.89. The van der Waals surface area contributed by atoms with Crippen molar-refractivity contribution in [3.63, 3.8) is 0 Å². The fraction of sp³-hybridized carbons (Fsp3) is 0.154. The molecule has 0 spiro atoms. The van der Waals surface area contributed by atoms with Crippen LogP contribution in [0, 0.1) is 6.92 Å². The molecular weight excluding hydrogens is 226 g/mol. The molecule has 0 unspecified atom stereocenters. The molecule has 0 amide bonds. The molecule has 0 aliphatic carbocycles. The number of aryl methyl sites for hydroxylation is 1. The molecule has 0 bridgehead atoms. The van der Waals surface area contributed by atoms with Gasteiger partial charge in [-0.2, -0.15) is 5.10 Å². The van der Waals surface area contributed by atoms with E-state index in [2.05, 4.69) is 26.6 Å². The van der Waals surface area contributed by atoms with E-state index in [1.807, 2.05) is 23.9 Å². The number of hydrogen-bond donors (Lipinski definition) is 1. The second-order valence-electron chi connectivity index (χ2n) is 4.15. The first-order valence-corrected chi connectivity index (χ1v) is 5.73. The Labute approximate surface area is 104 Å². The lowest BCUT2D eigenvalue weighted by Crippen LogP contribution is -1.93. The van der Waals surface area contributed by atoms with Gasteiger partial charge in [-0.25, -0.2) is 9.97 Å². The summed E-state index contributed by atoms with van der Waals surface area (Å²) in [5.41, 5.74) is 3.80. The number of aromatic amines is 1. The molecule has 1 N–H and O–H groups in total. The van der Waals surface area contributed by atoms with Gasteiger partial charge in [0, 0.05) is 12.4 Å². The van der Waals surface area contributed by atoms with Crippen molar-refractivity contribution >= 4 is 11.2 Å². The van der Waals surface area contributed by atoms with Gasteiger partial charge in [0.2, 0.25) is 0 Å². The minimum Gasteiger partial charge on any atom is -0.336 e. The molecule has 0 saturated carbocycles. The predicted octanol–water partition coefficient (Wildman–Crippen LogP) is 2.32. The van der Waals surface area contributed by atoms with Gasteiger partial charge in [-0.3, -0.25) is 4.68 Å². The Kier molecular flexibility index (Phi) is 2.44. The van der Waals surface area contributed by atoms with Crippen molar-refractivity contribution in [3.8, 4) is 11.4 Å². The highest BCUT2D eigenvalue weighted by molar-refractivity contribution is 5.78. The fourth-order valence-electron chi connectivity index (χ4n) is 1.89. The van der Waals surface area contributed by atoms with E-state index in [4.69, 9.17) is 0 Å². The summed E-state index contributed by atoms with van der Waals surface area (Å²) in [5.74, 6) is 0.794. The maximum Gasteiger partial charge on any atom is 0.178 e. The number of H-pyrrole nitrogens is 1. The van der Waals surface area contributed by atoms with Crippen molar-refractivity contribution < 1.29 is 0 Å². The van der Waals surface area contributed by atoms with Crippen molar-refractivity contribution in [2.45, 2.75) is 13.5 Å². The van der Waals surface area contributed by atoms with Crippen molar-refractivity contribution in [1.29, 1.82) is 0 Å². The van der Waals surface area contributed by atoms with Crippen molar-refractivity contribution in [2.75, 3.05) is 0 Å². The molecular formula is C13H13N5. The molecule has 0 saturated heterocycles. The zero-order valence-electron chi connectivity index (χ0n) is 10.1. The summed E-state index contributed by atoms with van der Waals surface area (Å²) < 4.78 is 1.82. The third-order valence-corrected chi connectivity index (χ3v) is 2.82. The molecule has 3 rings (SSSR count). The van der Waals surface area contributed by atoms with Crippen LogP contribution in [0.1, 0.15) is 5.56 Å². The van der Waals surface area contributed by atoms with Crippen LogP contribution in [-0.2, 0) is 6.54 Å². The van der Waals surface area contributed by atoms with E-state index in [9.17, 15) is 0 Å². The van der Waals surface area contributed by atoms with Crippen LogP contribution in [0.3, 0.4) is 0 Å². The van der Waals surface area contributed by atoms with E-state index in [0.717, 1.165) is 28.1 Å². The van der Waals surface area contributed by atoms with Gasteiger partial charge in [-0.15, -0.1) is 6.58 Å². The van der Waals surface area contributed by atoms with Crippen molar-refractivity contribution in [1.82, 2.24) is 24.7 Å². The first-order valence-electron chi connectivity index (χ1n) is 5.73. The van der Waals surface area contributed by atoms with Crippen LogP contribution in [0.2, 0.25) is 0 Å². The predicted molar refractivity (Wildman–Crippen MR) is 70.0 cm³/mol. The van der Waals surface area contributed by atoms with E-state index < -0.39 is 0 Å². The molecule has 3 aromatic heterocycles. The first kappa shape index (κ1) is 10.7. The Hall–Kier alpha value is -2.43. The van der Waals surface area contributed by atoms with Crippen LogP contribution in [0.4, 0.5) is 0 Å². The Balaban J connectivity index is 2.07. The van der Waals surface area contributed by atoms with Crippen LogP contribution < -0.4 is 0 Å². The summed E-state index contributed by atoms with van der Waals surface area (Å²) in [6.07, 6.45) is 7.30. The molecule has 3 aromatic rings. The Bertz CT molecular complexity index is 707. The van der Waals surface area contributed by atoms with E-state index >= 15 is 0 Å². The van der Waals surface area contributed by atoms with Gasteiger partial charge in [0.05, 0.1) is 23.8 Å². The van der Waals surface area contributed by atoms with E-state index in [1.54, 1.807) is 18.5 Å². The number of hydrogen-bond acceptors (Lipinski definition) is 3. The van der Waals surface area contributed by atoms with Gasteiger partial charge in [0.15, 0.2) is 5.65 Å². The molecule has 0 fully saturated rings. The van der Waals surface area contributed by atoms with Crippen LogP contribution in [0.5, 0.6) is 0 Å². The van der Waals surface area contributed by atoms with E-state index in [1.165, 1.54) is 0 Å². The highest BCUT2D eigenvalue weighted by Gasteiger charge is 2.09. The number of allylic oxidation sites excluding steroid dienone is 1. The summed E-state index contributed by atoms with van der Waals surface area (Å²) in [6.45, 7) is 6.42.